The molecular formula is C34H16O4. The smallest absolute Gasteiger partial charge is 0.277 e. The topological polar surface area (TPSA) is 68.3 Å². The van der Waals surface area contributed by atoms with Gasteiger partial charge in [-0.1, -0.05) is 42.5 Å². The Balaban J connectivity index is 1.49. The minimum atomic E-state index is -1.26. The van der Waals surface area contributed by atoms with Gasteiger partial charge in [0.2, 0.25) is 10.9 Å². The molecule has 0 N–H and O–H groups in total. The molecule has 8 rings (SSSR count). The van der Waals surface area contributed by atoms with Crippen molar-refractivity contribution in [1.82, 2.24) is 0 Å². The van der Waals surface area contributed by atoms with E-state index in [1.807, 2.05) is 24.3 Å². The Hall–Kier alpha value is -5.22. The summed E-state index contributed by atoms with van der Waals surface area (Å²) in [6.07, 6.45) is 0. The Labute approximate surface area is 213 Å². The average Bonchev–Trinajstić information content (AvgIpc) is 2.94. The van der Waals surface area contributed by atoms with Crippen LogP contribution in [-0.2, 0) is 0 Å². The Morgan fingerprint density at radius 3 is 1.32 bits per heavy atom. The van der Waals surface area contributed by atoms with Gasteiger partial charge in [-0.15, -0.1) is 0 Å². The van der Waals surface area contributed by atoms with E-state index in [-0.39, 0.29) is 10.8 Å². The van der Waals surface area contributed by atoms with Crippen LogP contribution in [0.1, 0.15) is 0 Å². The third kappa shape index (κ3) is 2.74. The molecule has 0 atom stereocenters. The molecule has 0 unspecified atom stereocenters. The molecule has 0 saturated carbocycles. The zero-order valence-corrected chi connectivity index (χ0v) is 19.9. The fourth-order valence-electron chi connectivity index (χ4n) is 5.95. The summed E-state index contributed by atoms with van der Waals surface area (Å²) in [6.45, 7) is 0. The van der Waals surface area contributed by atoms with Crippen LogP contribution in [0.15, 0.2) is 116 Å². The number of rotatable bonds is 0. The zero-order chi connectivity index (χ0) is 25.7. The number of hydrogen-bond acceptors (Lipinski definition) is 4. The predicted molar refractivity (Wildman–Crippen MR) is 156 cm³/mol. The summed E-state index contributed by atoms with van der Waals surface area (Å²) in [6, 6.07) is 32.7. The van der Waals surface area contributed by atoms with Crippen LogP contribution in [0.4, 0.5) is 0 Å². The SMILES string of the molecule is O=c1c(=O)c(=O)c2c(ccc3cc4cc5ccc6cc7cc8ccccc8cc7cc6c5cc4cc32)c1=O. The van der Waals surface area contributed by atoms with E-state index >= 15 is 0 Å². The molecule has 8 aromatic carbocycles. The molecule has 176 valence electrons. The summed E-state index contributed by atoms with van der Waals surface area (Å²) in [5, 5.41) is 12.3. The standard InChI is InChI=1S/C34H16O4/c35-31-26-8-7-21-13-23-12-20-6-5-19-11-22-9-17-3-1-2-4-18(17)10-24(22)14-27(19)28(20)15-25(23)16-29(21)30(26)32(36)34(38)33(31)37/h1-16H. The molecule has 0 fully saturated rings. The van der Waals surface area contributed by atoms with Gasteiger partial charge in [-0.25, -0.2) is 0 Å². The maximum Gasteiger partial charge on any atom is 0.277 e. The molecule has 0 bridgehead atoms. The van der Waals surface area contributed by atoms with E-state index in [1.165, 1.54) is 22.2 Å². The second-order valence-corrected chi connectivity index (χ2v) is 9.98. The molecule has 4 heteroatoms. The van der Waals surface area contributed by atoms with E-state index in [0.29, 0.717) is 5.39 Å². The lowest BCUT2D eigenvalue weighted by Gasteiger charge is -2.11. The van der Waals surface area contributed by atoms with Gasteiger partial charge >= 0.3 is 0 Å². The van der Waals surface area contributed by atoms with E-state index < -0.39 is 21.7 Å². The Kier molecular flexibility index (Phi) is 3.95. The molecule has 0 aliphatic carbocycles. The fraction of sp³-hybridized carbons (Fsp3) is 0. The van der Waals surface area contributed by atoms with Crippen molar-refractivity contribution in [3.8, 4) is 0 Å². The highest BCUT2D eigenvalue weighted by Crippen LogP contribution is 2.35. The third-order valence-corrected chi connectivity index (χ3v) is 7.84. The molecule has 4 nitrogen and oxygen atoms in total. The van der Waals surface area contributed by atoms with Crippen molar-refractivity contribution in [3.63, 3.8) is 0 Å². The van der Waals surface area contributed by atoms with Crippen molar-refractivity contribution < 1.29 is 0 Å². The highest BCUT2D eigenvalue weighted by Gasteiger charge is 2.16. The van der Waals surface area contributed by atoms with Gasteiger partial charge in [0.25, 0.3) is 10.9 Å². The van der Waals surface area contributed by atoms with Crippen LogP contribution in [0.25, 0.3) is 75.4 Å². The van der Waals surface area contributed by atoms with Crippen molar-refractivity contribution in [2.24, 2.45) is 0 Å². The van der Waals surface area contributed by atoms with Gasteiger partial charge in [0.05, 0.1) is 0 Å². The van der Waals surface area contributed by atoms with Crippen LogP contribution in [0.5, 0.6) is 0 Å². The number of hydrogen-bond donors (Lipinski definition) is 0. The Morgan fingerprint density at radius 1 is 0.289 bits per heavy atom. The van der Waals surface area contributed by atoms with Crippen LogP contribution < -0.4 is 21.7 Å². The number of fused-ring (bicyclic) bond motifs is 9. The highest BCUT2D eigenvalue weighted by molar-refractivity contribution is 6.19. The summed E-state index contributed by atoms with van der Waals surface area (Å²) in [5.74, 6) is 0. The van der Waals surface area contributed by atoms with Gasteiger partial charge in [0.1, 0.15) is 0 Å². The molecule has 0 aliphatic rings. The minimum absolute atomic E-state index is 0.00335. The average molecular weight is 488 g/mol. The molecule has 38 heavy (non-hydrogen) atoms. The van der Waals surface area contributed by atoms with Crippen molar-refractivity contribution in [2.75, 3.05) is 0 Å². The first-order valence-electron chi connectivity index (χ1n) is 12.3. The van der Waals surface area contributed by atoms with Gasteiger partial charge < -0.3 is 0 Å². The van der Waals surface area contributed by atoms with Crippen molar-refractivity contribution in [3.05, 3.63) is 138 Å². The van der Waals surface area contributed by atoms with Crippen molar-refractivity contribution in [1.29, 1.82) is 0 Å². The largest absolute Gasteiger partial charge is 0.285 e. The summed E-state index contributed by atoms with van der Waals surface area (Å²) < 4.78 is 0. The molecule has 0 aliphatic heterocycles. The summed E-state index contributed by atoms with van der Waals surface area (Å²) >= 11 is 0. The zero-order valence-electron chi connectivity index (χ0n) is 19.9. The van der Waals surface area contributed by atoms with E-state index in [1.54, 1.807) is 6.07 Å². The second-order valence-electron chi connectivity index (χ2n) is 9.98. The van der Waals surface area contributed by atoms with Gasteiger partial charge in [-0.05, 0) is 119 Å². The second kappa shape index (κ2) is 7.17. The van der Waals surface area contributed by atoms with Gasteiger partial charge in [-0.2, -0.15) is 0 Å². The lowest BCUT2D eigenvalue weighted by molar-refractivity contribution is 1.40. The quantitative estimate of drug-likeness (QED) is 0.148. The molecule has 0 radical (unpaired) electrons. The summed E-state index contributed by atoms with van der Waals surface area (Å²) in [4.78, 5) is 49.4. The molecule has 0 heterocycles. The molecular weight excluding hydrogens is 472 g/mol. The Morgan fingerprint density at radius 2 is 0.711 bits per heavy atom. The lowest BCUT2D eigenvalue weighted by Crippen LogP contribution is -2.46. The third-order valence-electron chi connectivity index (χ3n) is 7.84. The predicted octanol–water partition coefficient (Wildman–Crippen LogP) is 6.08. The van der Waals surface area contributed by atoms with Crippen LogP contribution in [0.3, 0.4) is 0 Å². The molecule has 0 saturated heterocycles. The molecule has 0 amide bonds. The monoisotopic (exact) mass is 488 g/mol. The first-order chi connectivity index (χ1) is 18.5. The fourth-order valence-corrected chi connectivity index (χ4v) is 5.95. The summed E-state index contributed by atoms with van der Waals surface area (Å²) in [5.41, 5.74) is -4.37. The van der Waals surface area contributed by atoms with Crippen molar-refractivity contribution in [2.45, 2.75) is 0 Å². The maximum atomic E-state index is 12.8. The Bertz CT molecular complexity index is 2590. The van der Waals surface area contributed by atoms with Gasteiger partial charge in [0.15, 0.2) is 0 Å². The van der Waals surface area contributed by atoms with E-state index in [4.69, 9.17) is 0 Å². The van der Waals surface area contributed by atoms with Crippen molar-refractivity contribution >= 4 is 75.4 Å². The van der Waals surface area contributed by atoms with Crippen LogP contribution >= 0.6 is 0 Å². The number of benzene rings is 8. The summed E-state index contributed by atoms with van der Waals surface area (Å²) in [7, 11) is 0. The van der Waals surface area contributed by atoms with Crippen LogP contribution in [0.2, 0.25) is 0 Å². The lowest BCUT2D eigenvalue weighted by atomic mass is 9.93. The first-order valence-corrected chi connectivity index (χ1v) is 12.3. The van der Waals surface area contributed by atoms with Crippen LogP contribution in [-0.4, -0.2) is 0 Å². The van der Waals surface area contributed by atoms with Gasteiger partial charge in [-0.3, -0.25) is 19.2 Å². The minimum Gasteiger partial charge on any atom is -0.285 e. The molecule has 8 aromatic rings. The highest BCUT2D eigenvalue weighted by atomic mass is 16.2. The van der Waals surface area contributed by atoms with E-state index in [9.17, 15) is 19.2 Å². The molecule has 0 spiro atoms. The normalized spacial score (nSPS) is 12.1. The van der Waals surface area contributed by atoms with Gasteiger partial charge in [0, 0.05) is 10.8 Å². The maximum absolute atomic E-state index is 12.8. The first kappa shape index (κ1) is 20.9. The van der Waals surface area contributed by atoms with E-state index in [0.717, 1.165) is 43.1 Å². The molecule has 0 aromatic heterocycles. The van der Waals surface area contributed by atoms with Crippen LogP contribution in [0, 0.1) is 0 Å². The van der Waals surface area contributed by atoms with E-state index in [2.05, 4.69) is 60.7 Å².